The number of hydrogen-bond acceptors (Lipinski definition) is 5. The highest BCUT2D eigenvalue weighted by Gasteiger charge is 2.56. The lowest BCUT2D eigenvalue weighted by molar-refractivity contribution is -0.132. The number of rotatable bonds is 7. The predicted molar refractivity (Wildman–Crippen MR) is 101 cm³/mol. The van der Waals surface area contributed by atoms with Crippen molar-refractivity contribution in [2.45, 2.75) is 45.7 Å². The normalized spacial score (nSPS) is 21.5. The van der Waals surface area contributed by atoms with Crippen LogP contribution in [0.4, 0.5) is 0 Å². The second kappa shape index (κ2) is 8.61. The molecule has 1 atom stereocenters. The van der Waals surface area contributed by atoms with Crippen LogP contribution in [0, 0.1) is 5.41 Å². The summed E-state index contributed by atoms with van der Waals surface area (Å²) in [6, 6.07) is 0.549. The SMILES string of the molecule is CCN(CC)C(=O)CN(Cc1nccs1)C1CC12CCNCC2.Cl. The summed E-state index contributed by atoms with van der Waals surface area (Å²) < 4.78 is 0. The highest BCUT2D eigenvalue weighted by atomic mass is 35.5. The number of aromatic nitrogens is 1. The Morgan fingerprint density at radius 1 is 1.38 bits per heavy atom. The van der Waals surface area contributed by atoms with Gasteiger partial charge in [0.15, 0.2) is 0 Å². The summed E-state index contributed by atoms with van der Waals surface area (Å²) in [5, 5.41) is 6.60. The Hall–Kier alpha value is -0.690. The van der Waals surface area contributed by atoms with Gasteiger partial charge >= 0.3 is 0 Å². The van der Waals surface area contributed by atoms with E-state index in [1.807, 2.05) is 16.5 Å². The maximum absolute atomic E-state index is 12.6. The van der Waals surface area contributed by atoms with Gasteiger partial charge in [0, 0.05) is 30.7 Å². The maximum Gasteiger partial charge on any atom is 0.236 e. The van der Waals surface area contributed by atoms with Crippen LogP contribution in [0.1, 0.15) is 38.1 Å². The molecule has 2 fully saturated rings. The van der Waals surface area contributed by atoms with Gasteiger partial charge in [0.25, 0.3) is 0 Å². The van der Waals surface area contributed by atoms with Gasteiger partial charge in [-0.25, -0.2) is 4.98 Å². The Morgan fingerprint density at radius 2 is 2.08 bits per heavy atom. The number of thiazole rings is 1. The molecule has 7 heteroatoms. The molecule has 24 heavy (non-hydrogen) atoms. The zero-order chi connectivity index (χ0) is 16.3. The second-order valence-electron chi connectivity index (χ2n) is 6.73. The monoisotopic (exact) mass is 372 g/mol. The topological polar surface area (TPSA) is 48.5 Å². The standard InChI is InChI=1S/C17H28N4OS.ClH/c1-3-20(4-2)16(22)13-21(12-15-19-9-10-23-15)14-11-17(14)5-7-18-8-6-17;/h9-10,14,18H,3-8,11-13H2,1-2H3;1H. The fraction of sp³-hybridized carbons (Fsp3) is 0.765. The van der Waals surface area contributed by atoms with Crippen LogP contribution in [0.5, 0.6) is 0 Å². The molecule has 1 unspecified atom stereocenters. The number of hydrogen-bond donors (Lipinski definition) is 1. The minimum absolute atomic E-state index is 0. The average Bonchev–Trinajstić information content (AvgIpc) is 2.99. The maximum atomic E-state index is 12.6. The average molecular weight is 373 g/mol. The third-order valence-corrected chi connectivity index (χ3v) is 6.23. The Labute approximate surface area is 155 Å². The first-order chi connectivity index (χ1) is 11.2. The summed E-state index contributed by atoms with van der Waals surface area (Å²) in [6.07, 6.45) is 5.58. The van der Waals surface area contributed by atoms with Crippen molar-refractivity contribution in [2.75, 3.05) is 32.7 Å². The smallest absolute Gasteiger partial charge is 0.236 e. The molecule has 1 aromatic rings. The van der Waals surface area contributed by atoms with Crippen LogP contribution in [-0.2, 0) is 11.3 Å². The molecule has 3 rings (SSSR count). The number of likely N-dealkylation sites (N-methyl/N-ethyl adjacent to an activating group) is 1. The molecule has 5 nitrogen and oxygen atoms in total. The van der Waals surface area contributed by atoms with E-state index in [9.17, 15) is 4.79 Å². The Morgan fingerprint density at radius 3 is 2.67 bits per heavy atom. The molecule has 1 aliphatic heterocycles. The molecule has 1 aromatic heterocycles. The molecule has 0 bridgehead atoms. The third-order valence-electron chi connectivity index (χ3n) is 5.46. The predicted octanol–water partition coefficient (Wildman–Crippen LogP) is 2.38. The fourth-order valence-corrected chi connectivity index (χ4v) is 4.58. The highest BCUT2D eigenvalue weighted by Crippen LogP contribution is 2.56. The quantitative estimate of drug-likeness (QED) is 0.798. The molecule has 1 N–H and O–H groups in total. The van der Waals surface area contributed by atoms with E-state index in [4.69, 9.17) is 0 Å². The van der Waals surface area contributed by atoms with Crippen LogP contribution in [0.3, 0.4) is 0 Å². The molecule has 2 heterocycles. The number of carbonyl (C=O) groups excluding carboxylic acids is 1. The van der Waals surface area contributed by atoms with Gasteiger partial charge in [-0.05, 0) is 51.6 Å². The van der Waals surface area contributed by atoms with E-state index in [1.54, 1.807) is 11.3 Å². The van der Waals surface area contributed by atoms with Crippen molar-refractivity contribution in [1.82, 2.24) is 20.1 Å². The van der Waals surface area contributed by atoms with Crippen molar-refractivity contribution in [3.63, 3.8) is 0 Å². The van der Waals surface area contributed by atoms with Crippen molar-refractivity contribution in [3.8, 4) is 0 Å². The van der Waals surface area contributed by atoms with Gasteiger partial charge in [0.2, 0.25) is 5.91 Å². The van der Waals surface area contributed by atoms with Crippen LogP contribution in [-0.4, -0.2) is 59.5 Å². The number of carbonyl (C=O) groups is 1. The number of piperidine rings is 1. The largest absolute Gasteiger partial charge is 0.342 e. The molecule has 136 valence electrons. The third kappa shape index (κ3) is 4.28. The van der Waals surface area contributed by atoms with Crippen molar-refractivity contribution in [1.29, 1.82) is 0 Å². The lowest BCUT2D eigenvalue weighted by atomic mass is 9.93. The molecular weight excluding hydrogens is 344 g/mol. The molecule has 1 aliphatic carbocycles. The molecule has 0 aromatic carbocycles. The van der Waals surface area contributed by atoms with Gasteiger partial charge in [-0.3, -0.25) is 9.69 Å². The number of halogens is 1. The Bertz CT molecular complexity index is 515. The Balaban J connectivity index is 0.00000208. The summed E-state index contributed by atoms with van der Waals surface area (Å²) in [4.78, 5) is 21.4. The number of nitrogens with zero attached hydrogens (tertiary/aromatic N) is 3. The van der Waals surface area contributed by atoms with E-state index >= 15 is 0 Å². The van der Waals surface area contributed by atoms with E-state index in [-0.39, 0.29) is 18.3 Å². The van der Waals surface area contributed by atoms with Crippen molar-refractivity contribution in [3.05, 3.63) is 16.6 Å². The van der Waals surface area contributed by atoms with E-state index < -0.39 is 0 Å². The molecule has 0 radical (unpaired) electrons. The van der Waals surface area contributed by atoms with Crippen LogP contribution in [0.2, 0.25) is 0 Å². The van der Waals surface area contributed by atoms with Crippen LogP contribution < -0.4 is 5.32 Å². The van der Waals surface area contributed by atoms with Gasteiger partial charge in [-0.1, -0.05) is 0 Å². The molecule has 1 saturated heterocycles. The lowest BCUT2D eigenvalue weighted by Crippen LogP contribution is -2.43. The second-order valence-corrected chi connectivity index (χ2v) is 7.71. The lowest BCUT2D eigenvalue weighted by Gasteiger charge is -2.30. The Kier molecular flexibility index (Phi) is 7.04. The van der Waals surface area contributed by atoms with Gasteiger partial charge in [-0.2, -0.15) is 0 Å². The minimum Gasteiger partial charge on any atom is -0.342 e. The summed E-state index contributed by atoms with van der Waals surface area (Å²) in [5.74, 6) is 0.252. The van der Waals surface area contributed by atoms with Gasteiger partial charge in [0.05, 0.1) is 13.1 Å². The molecule has 2 aliphatic rings. The van der Waals surface area contributed by atoms with Crippen LogP contribution in [0.25, 0.3) is 0 Å². The van der Waals surface area contributed by atoms with Crippen molar-refractivity contribution in [2.24, 2.45) is 5.41 Å². The minimum atomic E-state index is 0. The van der Waals surface area contributed by atoms with Crippen LogP contribution in [0.15, 0.2) is 11.6 Å². The molecule has 1 amide bonds. The van der Waals surface area contributed by atoms with Crippen molar-refractivity contribution >= 4 is 29.7 Å². The van der Waals surface area contributed by atoms with Gasteiger partial charge in [-0.15, -0.1) is 23.7 Å². The molecular formula is C17H29ClN4OS. The number of amides is 1. The molecule has 1 spiro atoms. The van der Waals surface area contributed by atoms with E-state index in [0.29, 0.717) is 18.0 Å². The number of nitrogens with one attached hydrogen (secondary N) is 1. The van der Waals surface area contributed by atoms with Gasteiger partial charge in [0.1, 0.15) is 5.01 Å². The highest BCUT2D eigenvalue weighted by molar-refractivity contribution is 7.09. The summed E-state index contributed by atoms with van der Waals surface area (Å²) in [7, 11) is 0. The summed E-state index contributed by atoms with van der Waals surface area (Å²) in [5.41, 5.74) is 0.450. The first-order valence-electron chi connectivity index (χ1n) is 8.79. The van der Waals surface area contributed by atoms with E-state index in [0.717, 1.165) is 37.7 Å². The first kappa shape index (κ1) is 19.6. The molecule has 1 saturated carbocycles. The van der Waals surface area contributed by atoms with Crippen LogP contribution >= 0.6 is 23.7 Å². The fourth-order valence-electron chi connectivity index (χ4n) is 3.94. The van der Waals surface area contributed by atoms with Crippen molar-refractivity contribution < 1.29 is 4.79 Å². The zero-order valence-electron chi connectivity index (χ0n) is 14.7. The zero-order valence-corrected chi connectivity index (χ0v) is 16.3. The van der Waals surface area contributed by atoms with Gasteiger partial charge < -0.3 is 10.2 Å². The summed E-state index contributed by atoms with van der Waals surface area (Å²) in [6.45, 7) is 9.26. The van der Waals surface area contributed by atoms with E-state index in [2.05, 4.69) is 29.0 Å². The first-order valence-corrected chi connectivity index (χ1v) is 9.67. The summed E-state index contributed by atoms with van der Waals surface area (Å²) >= 11 is 1.69. The van der Waals surface area contributed by atoms with E-state index in [1.165, 1.54) is 19.3 Å².